The zero-order valence-electron chi connectivity index (χ0n) is 24.2. The van der Waals surface area contributed by atoms with Crippen molar-refractivity contribution in [3.63, 3.8) is 0 Å². The molecule has 1 fully saturated rings. The summed E-state index contributed by atoms with van der Waals surface area (Å²) in [5, 5.41) is 10.9. The molecule has 1 aliphatic heterocycles. The maximum atomic E-state index is 10.9. The van der Waals surface area contributed by atoms with E-state index in [-0.39, 0.29) is 18.3 Å². The number of allylic oxidation sites excluding steroid dienone is 6. The van der Waals surface area contributed by atoms with Gasteiger partial charge in [-0.25, -0.2) is 0 Å². The maximum Gasteiger partial charge on any atom is 0.162 e. The SMILES string of the molecule is C/C=C/CCCCCCCC1OC(O)C(CCCCCC/C=C/C)C(CCCCCCC/C=C/C)O1. The summed E-state index contributed by atoms with van der Waals surface area (Å²) in [5.41, 5.74) is 0. The zero-order chi connectivity index (χ0) is 26.1. The van der Waals surface area contributed by atoms with Crippen molar-refractivity contribution in [1.29, 1.82) is 0 Å². The predicted molar refractivity (Wildman–Crippen MR) is 156 cm³/mol. The smallest absolute Gasteiger partial charge is 0.162 e. The molecule has 1 aliphatic rings. The van der Waals surface area contributed by atoms with Crippen molar-refractivity contribution in [1.82, 2.24) is 0 Å². The first-order chi connectivity index (χ1) is 17.7. The fourth-order valence-corrected chi connectivity index (χ4v) is 5.25. The van der Waals surface area contributed by atoms with Crippen LogP contribution in [0.1, 0.15) is 149 Å². The third kappa shape index (κ3) is 17.5. The van der Waals surface area contributed by atoms with Crippen LogP contribution >= 0.6 is 0 Å². The number of hydrogen-bond acceptors (Lipinski definition) is 3. The molecule has 3 heteroatoms. The summed E-state index contributed by atoms with van der Waals surface area (Å²) in [6.45, 7) is 6.28. The number of aliphatic hydroxyl groups is 1. The van der Waals surface area contributed by atoms with Gasteiger partial charge < -0.3 is 14.6 Å². The molecule has 0 aromatic heterocycles. The maximum absolute atomic E-state index is 10.9. The van der Waals surface area contributed by atoms with E-state index in [0.717, 1.165) is 32.1 Å². The molecule has 0 saturated carbocycles. The van der Waals surface area contributed by atoms with Gasteiger partial charge in [-0.1, -0.05) is 101 Å². The minimum absolute atomic E-state index is 0.123. The fraction of sp³-hybridized carbons (Fsp3) is 0.818. The van der Waals surface area contributed by atoms with E-state index in [4.69, 9.17) is 9.47 Å². The van der Waals surface area contributed by atoms with Crippen molar-refractivity contribution in [3.8, 4) is 0 Å². The van der Waals surface area contributed by atoms with Gasteiger partial charge in [0.1, 0.15) is 0 Å². The van der Waals surface area contributed by atoms with Gasteiger partial charge in [-0.15, -0.1) is 0 Å². The highest BCUT2D eigenvalue weighted by molar-refractivity contribution is 4.80. The molecule has 0 spiro atoms. The van der Waals surface area contributed by atoms with Gasteiger partial charge in [-0.05, 0) is 85.0 Å². The summed E-state index contributed by atoms with van der Waals surface area (Å²) < 4.78 is 12.5. The Bertz CT molecular complexity index is 553. The van der Waals surface area contributed by atoms with Gasteiger partial charge in [0.15, 0.2) is 12.6 Å². The van der Waals surface area contributed by atoms with Gasteiger partial charge in [0.25, 0.3) is 0 Å². The van der Waals surface area contributed by atoms with Crippen molar-refractivity contribution < 1.29 is 14.6 Å². The normalized spacial score (nSPS) is 23.0. The summed E-state index contributed by atoms with van der Waals surface area (Å²) in [6.07, 6.45) is 36.5. The zero-order valence-corrected chi connectivity index (χ0v) is 24.2. The van der Waals surface area contributed by atoms with Crippen molar-refractivity contribution in [3.05, 3.63) is 36.5 Å². The van der Waals surface area contributed by atoms with E-state index < -0.39 is 6.29 Å². The molecular formula is C33H60O3. The summed E-state index contributed by atoms with van der Waals surface area (Å²) in [6, 6.07) is 0. The lowest BCUT2D eigenvalue weighted by atomic mass is 9.89. The molecule has 1 saturated heterocycles. The van der Waals surface area contributed by atoms with Crippen LogP contribution in [0, 0.1) is 5.92 Å². The largest absolute Gasteiger partial charge is 0.368 e. The average Bonchev–Trinajstić information content (AvgIpc) is 2.87. The minimum atomic E-state index is -0.668. The summed E-state index contributed by atoms with van der Waals surface area (Å²) in [5.74, 6) is 0.123. The van der Waals surface area contributed by atoms with E-state index in [1.165, 1.54) is 96.3 Å². The number of hydrogen-bond donors (Lipinski definition) is 1. The molecular weight excluding hydrogens is 444 g/mol. The Morgan fingerprint density at radius 2 is 0.917 bits per heavy atom. The van der Waals surface area contributed by atoms with E-state index in [1.807, 2.05) is 0 Å². The highest BCUT2D eigenvalue weighted by Crippen LogP contribution is 2.33. The molecule has 0 aromatic rings. The number of rotatable bonds is 23. The molecule has 4 atom stereocenters. The second-order valence-electron chi connectivity index (χ2n) is 10.7. The Morgan fingerprint density at radius 1 is 0.500 bits per heavy atom. The Kier molecular flexibility index (Phi) is 22.5. The highest BCUT2D eigenvalue weighted by atomic mass is 16.7. The third-order valence-corrected chi connectivity index (χ3v) is 7.50. The summed E-state index contributed by atoms with van der Waals surface area (Å²) >= 11 is 0. The van der Waals surface area contributed by atoms with Crippen LogP contribution in [0.2, 0.25) is 0 Å². The number of ether oxygens (including phenoxy) is 2. The first-order valence-corrected chi connectivity index (χ1v) is 15.5. The Morgan fingerprint density at radius 3 is 1.42 bits per heavy atom. The molecule has 0 aliphatic carbocycles. The van der Waals surface area contributed by atoms with Crippen molar-refractivity contribution in [2.45, 2.75) is 168 Å². The number of unbranched alkanes of at least 4 members (excludes halogenated alkanes) is 14. The van der Waals surface area contributed by atoms with Gasteiger partial charge in [-0.2, -0.15) is 0 Å². The van der Waals surface area contributed by atoms with Gasteiger partial charge in [0, 0.05) is 5.92 Å². The Balaban J connectivity index is 2.39. The molecule has 4 unspecified atom stereocenters. The molecule has 1 rings (SSSR count). The van der Waals surface area contributed by atoms with Gasteiger partial charge >= 0.3 is 0 Å². The topological polar surface area (TPSA) is 38.7 Å². The number of aliphatic hydroxyl groups excluding tert-OH is 1. The lowest BCUT2D eigenvalue weighted by Crippen LogP contribution is -2.46. The van der Waals surface area contributed by atoms with E-state index in [1.54, 1.807) is 0 Å². The first kappa shape index (κ1) is 33.1. The van der Waals surface area contributed by atoms with Crippen LogP contribution in [-0.2, 0) is 9.47 Å². The van der Waals surface area contributed by atoms with Gasteiger partial charge in [0.05, 0.1) is 6.10 Å². The third-order valence-electron chi connectivity index (χ3n) is 7.50. The molecule has 0 bridgehead atoms. The van der Waals surface area contributed by atoms with Crippen LogP contribution in [0.15, 0.2) is 36.5 Å². The van der Waals surface area contributed by atoms with Crippen LogP contribution in [0.4, 0.5) is 0 Å². The highest BCUT2D eigenvalue weighted by Gasteiger charge is 2.37. The second kappa shape index (κ2) is 24.4. The molecule has 1 heterocycles. The molecule has 0 aromatic carbocycles. The van der Waals surface area contributed by atoms with Crippen molar-refractivity contribution in [2.75, 3.05) is 0 Å². The Labute approximate surface area is 224 Å². The second-order valence-corrected chi connectivity index (χ2v) is 10.7. The van der Waals surface area contributed by atoms with Crippen LogP contribution in [0.3, 0.4) is 0 Å². The van der Waals surface area contributed by atoms with Gasteiger partial charge in [-0.3, -0.25) is 0 Å². The van der Waals surface area contributed by atoms with Crippen molar-refractivity contribution in [2.24, 2.45) is 5.92 Å². The van der Waals surface area contributed by atoms with Crippen LogP contribution in [0.25, 0.3) is 0 Å². The molecule has 1 N–H and O–H groups in total. The van der Waals surface area contributed by atoms with E-state index in [0.29, 0.717) is 0 Å². The fourth-order valence-electron chi connectivity index (χ4n) is 5.25. The minimum Gasteiger partial charge on any atom is -0.368 e. The molecule has 210 valence electrons. The Hall–Kier alpha value is -0.900. The molecule has 0 amide bonds. The molecule has 36 heavy (non-hydrogen) atoms. The van der Waals surface area contributed by atoms with Crippen LogP contribution in [0.5, 0.6) is 0 Å². The molecule has 3 nitrogen and oxygen atoms in total. The van der Waals surface area contributed by atoms with Gasteiger partial charge in [0.2, 0.25) is 0 Å². The average molecular weight is 505 g/mol. The van der Waals surface area contributed by atoms with E-state index in [2.05, 4.69) is 57.2 Å². The van der Waals surface area contributed by atoms with Crippen LogP contribution < -0.4 is 0 Å². The van der Waals surface area contributed by atoms with Crippen LogP contribution in [-0.4, -0.2) is 23.8 Å². The van der Waals surface area contributed by atoms with E-state index in [9.17, 15) is 5.11 Å². The van der Waals surface area contributed by atoms with Crippen molar-refractivity contribution >= 4 is 0 Å². The molecule has 0 radical (unpaired) electrons. The van der Waals surface area contributed by atoms with E-state index >= 15 is 0 Å². The standard InChI is InChI=1S/C33H60O3/c1-4-7-10-13-16-19-22-25-28-31-30(27-24-21-18-15-12-9-6-3)33(34)36-32(35-31)29-26-23-20-17-14-11-8-5-2/h4-9,30-34H,10-29H2,1-3H3/b7-4+,8-5+,9-6+. The summed E-state index contributed by atoms with van der Waals surface area (Å²) in [4.78, 5) is 0. The lowest BCUT2D eigenvalue weighted by molar-refractivity contribution is -0.324. The predicted octanol–water partition coefficient (Wildman–Crippen LogP) is 10.2. The first-order valence-electron chi connectivity index (χ1n) is 15.5. The summed E-state index contributed by atoms with van der Waals surface area (Å²) in [7, 11) is 0. The lowest BCUT2D eigenvalue weighted by Gasteiger charge is -2.40. The quantitative estimate of drug-likeness (QED) is 0.111. The monoisotopic (exact) mass is 504 g/mol.